The fraction of sp³-hybridized carbons (Fsp3) is 0.345. The molecule has 0 aromatic heterocycles. The molecular weight excluding hydrogens is 560 g/mol. The van der Waals surface area contributed by atoms with Crippen LogP contribution in [0.15, 0.2) is 71.6 Å². The molecule has 1 amide bonds. The number of nitrogens with one attached hydrogen (secondary N) is 2. The van der Waals surface area contributed by atoms with Crippen molar-refractivity contribution in [2.45, 2.75) is 42.7 Å². The van der Waals surface area contributed by atoms with Gasteiger partial charge in [-0.3, -0.25) is 4.79 Å². The second kappa shape index (κ2) is 12.7. The first-order valence-electron chi connectivity index (χ1n) is 12.8. The van der Waals surface area contributed by atoms with E-state index in [4.69, 9.17) is 23.2 Å². The number of halogens is 3. The van der Waals surface area contributed by atoms with Gasteiger partial charge >= 0.3 is 0 Å². The first-order valence-corrected chi connectivity index (χ1v) is 15.2. The van der Waals surface area contributed by atoms with Crippen LogP contribution in [0.3, 0.4) is 0 Å². The molecule has 39 heavy (non-hydrogen) atoms. The second-order valence-corrected chi connectivity index (χ2v) is 12.9. The Labute approximate surface area is 239 Å². The second-order valence-electron chi connectivity index (χ2n) is 10.1. The number of rotatable bonds is 9. The molecule has 0 spiro atoms. The van der Waals surface area contributed by atoms with Gasteiger partial charge in [0.25, 0.3) is 5.91 Å². The van der Waals surface area contributed by atoms with Gasteiger partial charge in [0.05, 0.1) is 20.5 Å². The highest BCUT2D eigenvalue weighted by atomic mass is 35.5. The lowest BCUT2D eigenvalue weighted by Gasteiger charge is -2.37. The van der Waals surface area contributed by atoms with E-state index in [2.05, 4.69) is 15.5 Å². The summed E-state index contributed by atoms with van der Waals surface area (Å²) in [7, 11) is 0.290. The molecule has 6 nitrogen and oxygen atoms in total. The van der Waals surface area contributed by atoms with Crippen LogP contribution in [-0.4, -0.2) is 45.2 Å². The third-order valence-electron chi connectivity index (χ3n) is 7.17. The van der Waals surface area contributed by atoms with Crippen LogP contribution in [0.25, 0.3) is 0 Å². The Balaban J connectivity index is 1.38. The van der Waals surface area contributed by atoms with Crippen molar-refractivity contribution in [3.8, 4) is 0 Å². The predicted molar refractivity (Wildman–Crippen MR) is 155 cm³/mol. The van der Waals surface area contributed by atoms with Crippen LogP contribution in [0.1, 0.15) is 47.6 Å². The molecule has 2 N–H and O–H groups in total. The fourth-order valence-corrected chi connectivity index (χ4v) is 6.73. The zero-order chi connectivity index (χ0) is 28.2. The van der Waals surface area contributed by atoms with Gasteiger partial charge in [-0.2, -0.15) is 0 Å². The van der Waals surface area contributed by atoms with Gasteiger partial charge in [0.15, 0.2) is 9.84 Å². The minimum Gasteiger partial charge on any atom is -0.371 e. The maximum Gasteiger partial charge on any atom is 0.253 e. The van der Waals surface area contributed by atoms with Gasteiger partial charge in [-0.15, -0.1) is 0 Å². The van der Waals surface area contributed by atoms with E-state index in [0.29, 0.717) is 17.2 Å². The van der Waals surface area contributed by atoms with Crippen LogP contribution < -0.4 is 10.6 Å². The number of nitrogens with zero attached hydrogens (tertiary/aromatic N) is 1. The highest BCUT2D eigenvalue weighted by Crippen LogP contribution is 2.37. The Morgan fingerprint density at radius 3 is 2.36 bits per heavy atom. The Hall–Kier alpha value is -2.65. The molecule has 0 aliphatic heterocycles. The first kappa shape index (κ1) is 29.3. The molecule has 0 heterocycles. The van der Waals surface area contributed by atoms with E-state index in [9.17, 15) is 17.6 Å². The number of carbonyl (C=O) groups is 1. The summed E-state index contributed by atoms with van der Waals surface area (Å²) in [5, 5.41) is 6.44. The molecule has 1 aliphatic carbocycles. The van der Waals surface area contributed by atoms with Crippen LogP contribution >= 0.6 is 23.2 Å². The highest BCUT2D eigenvalue weighted by Gasteiger charge is 2.31. The van der Waals surface area contributed by atoms with Gasteiger partial charge in [-0.1, -0.05) is 47.5 Å². The summed E-state index contributed by atoms with van der Waals surface area (Å²) in [6.07, 6.45) is 3.40. The minimum absolute atomic E-state index is 0.00271. The van der Waals surface area contributed by atoms with Crippen molar-refractivity contribution in [2.24, 2.45) is 5.92 Å². The van der Waals surface area contributed by atoms with Crippen molar-refractivity contribution in [2.75, 3.05) is 25.3 Å². The lowest BCUT2D eigenvalue weighted by Crippen LogP contribution is -2.40. The lowest BCUT2D eigenvalue weighted by molar-refractivity contribution is 0.0907. The van der Waals surface area contributed by atoms with Crippen LogP contribution in [0.4, 0.5) is 10.1 Å². The van der Waals surface area contributed by atoms with Crippen LogP contribution in [0.5, 0.6) is 0 Å². The van der Waals surface area contributed by atoms with Crippen LogP contribution in [0, 0.1) is 11.7 Å². The molecule has 1 unspecified atom stereocenters. The Morgan fingerprint density at radius 1 is 0.974 bits per heavy atom. The summed E-state index contributed by atoms with van der Waals surface area (Å²) in [5.74, 6) is -0.567. The molecule has 0 radical (unpaired) electrons. The van der Waals surface area contributed by atoms with Crippen molar-refractivity contribution in [1.29, 1.82) is 0 Å². The van der Waals surface area contributed by atoms with E-state index < -0.39 is 15.7 Å². The summed E-state index contributed by atoms with van der Waals surface area (Å²) in [6.45, 7) is 0. The number of sulfone groups is 1. The molecule has 1 aliphatic rings. The average molecular weight is 593 g/mol. The monoisotopic (exact) mass is 591 g/mol. The number of hydrogen-bond acceptors (Lipinski definition) is 5. The molecule has 1 fully saturated rings. The largest absolute Gasteiger partial charge is 0.371 e. The SMILES string of the molecule is CN(C)C(c1cccc(F)c1)C1CCC(NC(=O)c2ccccc2NCS(=O)(=O)c2ccc(Cl)c(Cl)c2)CC1. The number of hydrogen-bond donors (Lipinski definition) is 2. The topological polar surface area (TPSA) is 78.5 Å². The molecule has 3 aromatic carbocycles. The number of benzene rings is 3. The zero-order valence-electron chi connectivity index (χ0n) is 21.8. The normalized spacial score (nSPS) is 18.5. The smallest absolute Gasteiger partial charge is 0.253 e. The van der Waals surface area contributed by atoms with Crippen molar-refractivity contribution in [3.63, 3.8) is 0 Å². The number of anilines is 1. The van der Waals surface area contributed by atoms with Gasteiger partial charge < -0.3 is 15.5 Å². The summed E-state index contributed by atoms with van der Waals surface area (Å²) in [5.41, 5.74) is 1.75. The molecule has 0 saturated heterocycles. The fourth-order valence-electron chi connectivity index (χ4n) is 5.29. The van der Waals surface area contributed by atoms with Crippen LogP contribution in [-0.2, 0) is 9.84 Å². The number of amides is 1. The van der Waals surface area contributed by atoms with Crippen molar-refractivity contribution in [1.82, 2.24) is 10.2 Å². The van der Waals surface area contributed by atoms with E-state index in [1.165, 1.54) is 24.3 Å². The maximum atomic E-state index is 13.9. The van der Waals surface area contributed by atoms with Gasteiger partial charge in [0.1, 0.15) is 11.7 Å². The lowest BCUT2D eigenvalue weighted by atomic mass is 9.78. The molecule has 208 valence electrons. The standard InChI is InChI=1S/C29H32Cl2FN3O3S/c1-35(2)28(20-6-5-7-21(32)16-20)19-10-12-22(13-11-19)34-29(36)24-8-3-4-9-27(24)33-18-39(37,38)23-14-15-25(30)26(31)17-23/h3-9,14-17,19,22,28,33H,10-13,18H2,1-2H3,(H,34,36). The van der Waals surface area contributed by atoms with E-state index in [0.717, 1.165) is 31.2 Å². The van der Waals surface area contributed by atoms with Gasteiger partial charge in [-0.25, -0.2) is 12.8 Å². The van der Waals surface area contributed by atoms with Crippen LogP contribution in [0.2, 0.25) is 10.0 Å². The third-order valence-corrected chi connectivity index (χ3v) is 9.41. The molecule has 4 rings (SSSR count). The predicted octanol–water partition coefficient (Wildman–Crippen LogP) is 6.57. The molecule has 3 aromatic rings. The summed E-state index contributed by atoms with van der Waals surface area (Å²) < 4.78 is 39.5. The molecule has 10 heteroatoms. The summed E-state index contributed by atoms with van der Waals surface area (Å²) in [4.78, 5) is 15.4. The highest BCUT2D eigenvalue weighted by molar-refractivity contribution is 7.91. The van der Waals surface area contributed by atoms with Gasteiger partial charge in [0, 0.05) is 17.8 Å². The summed E-state index contributed by atoms with van der Waals surface area (Å²) in [6, 6.07) is 17.8. The molecule has 0 bridgehead atoms. The zero-order valence-corrected chi connectivity index (χ0v) is 24.2. The molecule has 1 saturated carbocycles. The summed E-state index contributed by atoms with van der Waals surface area (Å²) >= 11 is 11.9. The van der Waals surface area contributed by atoms with E-state index >= 15 is 0 Å². The maximum absolute atomic E-state index is 13.9. The molecular formula is C29H32Cl2FN3O3S. The number of carbonyl (C=O) groups excluding carboxylic acids is 1. The van der Waals surface area contributed by atoms with E-state index in [-0.39, 0.29) is 38.7 Å². The minimum atomic E-state index is -3.73. The average Bonchev–Trinajstić information content (AvgIpc) is 2.90. The van der Waals surface area contributed by atoms with Gasteiger partial charge in [0.2, 0.25) is 0 Å². The van der Waals surface area contributed by atoms with Gasteiger partial charge in [-0.05, 0) is 93.7 Å². The van der Waals surface area contributed by atoms with Crippen molar-refractivity contribution in [3.05, 3.63) is 93.7 Å². The van der Waals surface area contributed by atoms with E-state index in [1.807, 2.05) is 20.2 Å². The van der Waals surface area contributed by atoms with E-state index in [1.54, 1.807) is 36.4 Å². The van der Waals surface area contributed by atoms with Crippen molar-refractivity contribution < 1.29 is 17.6 Å². The number of para-hydroxylation sites is 1. The first-order chi connectivity index (χ1) is 18.5. The quantitative estimate of drug-likeness (QED) is 0.294. The third kappa shape index (κ3) is 7.31. The molecule has 1 atom stereocenters. The van der Waals surface area contributed by atoms with Crippen molar-refractivity contribution >= 4 is 44.6 Å². The Kier molecular flexibility index (Phi) is 9.54. The Bertz CT molecular complexity index is 1430. The Morgan fingerprint density at radius 2 is 1.69 bits per heavy atom.